The first-order valence-corrected chi connectivity index (χ1v) is 4.53. The maximum Gasteiger partial charge on any atom is 0.0643 e. The fourth-order valence-electron chi connectivity index (χ4n) is 0.974. The van der Waals surface area contributed by atoms with Crippen LogP contribution in [0.4, 0.5) is 0 Å². The van der Waals surface area contributed by atoms with Gasteiger partial charge in [0.15, 0.2) is 0 Å². The van der Waals surface area contributed by atoms with Crippen LogP contribution in [0.5, 0.6) is 0 Å². The van der Waals surface area contributed by atoms with Crippen LogP contribution in [0.25, 0.3) is 0 Å². The summed E-state index contributed by atoms with van der Waals surface area (Å²) in [5, 5.41) is 3.34. The van der Waals surface area contributed by atoms with Crippen molar-refractivity contribution in [1.29, 1.82) is 0 Å². The van der Waals surface area contributed by atoms with Crippen LogP contribution in [0.3, 0.4) is 0 Å². The van der Waals surface area contributed by atoms with E-state index in [4.69, 9.17) is 9.47 Å². The summed E-state index contributed by atoms with van der Waals surface area (Å²) in [4.78, 5) is 0. The van der Waals surface area contributed by atoms with Crippen LogP contribution >= 0.6 is 0 Å². The van der Waals surface area contributed by atoms with Gasteiger partial charge in [0.05, 0.1) is 31.5 Å². The van der Waals surface area contributed by atoms with E-state index in [-0.39, 0.29) is 5.60 Å². The molecule has 1 rings (SSSR count). The maximum absolute atomic E-state index is 5.54. The number of rotatable bonds is 4. The van der Waals surface area contributed by atoms with E-state index in [0.717, 1.165) is 26.4 Å². The molecule has 0 amide bonds. The van der Waals surface area contributed by atoms with Crippen LogP contribution in [0.2, 0.25) is 0 Å². The second-order valence-corrected chi connectivity index (χ2v) is 4.15. The minimum absolute atomic E-state index is 0.0161. The molecule has 1 saturated heterocycles. The molecule has 0 unspecified atom stereocenters. The van der Waals surface area contributed by atoms with Crippen molar-refractivity contribution in [2.75, 3.05) is 26.4 Å². The molecule has 1 aliphatic heterocycles. The lowest BCUT2D eigenvalue weighted by Crippen LogP contribution is -2.47. The first-order chi connectivity index (χ1) is 5.58. The highest BCUT2D eigenvalue weighted by Crippen LogP contribution is 2.05. The van der Waals surface area contributed by atoms with Crippen LogP contribution < -0.4 is 5.32 Å². The van der Waals surface area contributed by atoms with Crippen LogP contribution in [0.1, 0.15) is 20.8 Å². The Balaban J connectivity index is 1.88. The molecule has 0 spiro atoms. The predicted molar refractivity (Wildman–Crippen MR) is 48.3 cm³/mol. The van der Waals surface area contributed by atoms with Gasteiger partial charge in [0.2, 0.25) is 0 Å². The third kappa shape index (κ3) is 4.04. The van der Waals surface area contributed by atoms with Crippen molar-refractivity contribution in [1.82, 2.24) is 5.32 Å². The molecule has 3 nitrogen and oxygen atoms in total. The fraction of sp³-hybridized carbons (Fsp3) is 1.00. The summed E-state index contributed by atoms with van der Waals surface area (Å²) in [6.07, 6.45) is 0. The van der Waals surface area contributed by atoms with Gasteiger partial charge in [0, 0.05) is 6.54 Å². The molecule has 1 fully saturated rings. The highest BCUT2D eigenvalue weighted by Gasteiger charge is 2.17. The average Bonchev–Trinajstić information content (AvgIpc) is 1.80. The molecule has 12 heavy (non-hydrogen) atoms. The van der Waals surface area contributed by atoms with Crippen LogP contribution in [0, 0.1) is 0 Å². The summed E-state index contributed by atoms with van der Waals surface area (Å²) in [5.41, 5.74) is -0.0161. The molecule has 3 heteroatoms. The van der Waals surface area contributed by atoms with Crippen molar-refractivity contribution < 1.29 is 9.47 Å². The number of hydrogen-bond donors (Lipinski definition) is 1. The summed E-state index contributed by atoms with van der Waals surface area (Å²) >= 11 is 0. The van der Waals surface area contributed by atoms with Gasteiger partial charge in [0.25, 0.3) is 0 Å². The molecule has 1 aliphatic rings. The fourth-order valence-corrected chi connectivity index (χ4v) is 0.974. The van der Waals surface area contributed by atoms with E-state index in [0.29, 0.717) is 6.04 Å². The first-order valence-electron chi connectivity index (χ1n) is 4.53. The summed E-state index contributed by atoms with van der Waals surface area (Å²) in [5.74, 6) is 0. The second kappa shape index (κ2) is 4.21. The largest absolute Gasteiger partial charge is 0.378 e. The van der Waals surface area contributed by atoms with Gasteiger partial charge in [-0.3, -0.25) is 0 Å². The Bertz CT molecular complexity index is 127. The second-order valence-electron chi connectivity index (χ2n) is 4.15. The van der Waals surface area contributed by atoms with E-state index in [1.54, 1.807) is 0 Å². The highest BCUT2D eigenvalue weighted by atomic mass is 16.5. The average molecular weight is 173 g/mol. The molecule has 0 aromatic rings. The minimum atomic E-state index is -0.0161. The lowest BCUT2D eigenvalue weighted by Gasteiger charge is -2.27. The van der Waals surface area contributed by atoms with Crippen molar-refractivity contribution >= 4 is 0 Å². The van der Waals surface area contributed by atoms with E-state index in [1.165, 1.54) is 0 Å². The quantitative estimate of drug-likeness (QED) is 0.638. The third-order valence-corrected chi connectivity index (χ3v) is 1.71. The highest BCUT2D eigenvalue weighted by molar-refractivity contribution is 4.72. The Morgan fingerprint density at radius 1 is 1.42 bits per heavy atom. The van der Waals surface area contributed by atoms with E-state index in [2.05, 4.69) is 26.1 Å². The van der Waals surface area contributed by atoms with Gasteiger partial charge in [-0.05, 0) is 20.8 Å². The number of ether oxygens (including phenoxy) is 2. The Morgan fingerprint density at radius 3 is 2.50 bits per heavy atom. The van der Waals surface area contributed by atoms with E-state index in [1.807, 2.05) is 0 Å². The molecule has 0 saturated carbocycles. The molecule has 0 bridgehead atoms. The van der Waals surface area contributed by atoms with Crippen LogP contribution in [0.15, 0.2) is 0 Å². The molecule has 72 valence electrons. The molecule has 1 N–H and O–H groups in total. The zero-order chi connectivity index (χ0) is 9.03. The van der Waals surface area contributed by atoms with Gasteiger partial charge in [-0.2, -0.15) is 0 Å². The van der Waals surface area contributed by atoms with Gasteiger partial charge in [-0.15, -0.1) is 0 Å². The molecule has 0 atom stereocenters. The monoisotopic (exact) mass is 173 g/mol. The van der Waals surface area contributed by atoms with Gasteiger partial charge in [-0.1, -0.05) is 0 Å². The smallest absolute Gasteiger partial charge is 0.0643 e. The van der Waals surface area contributed by atoms with Gasteiger partial charge < -0.3 is 14.8 Å². The molecular formula is C9H19NO2. The van der Waals surface area contributed by atoms with E-state index < -0.39 is 0 Å². The van der Waals surface area contributed by atoms with Crippen molar-refractivity contribution in [3.63, 3.8) is 0 Å². The normalized spacial score (nSPS) is 19.2. The Hall–Kier alpha value is -0.120. The van der Waals surface area contributed by atoms with Crippen LogP contribution in [-0.2, 0) is 9.47 Å². The lowest BCUT2D eigenvalue weighted by atomic mass is 10.2. The van der Waals surface area contributed by atoms with Gasteiger partial charge >= 0.3 is 0 Å². The SMILES string of the molecule is CC(C)(C)OCCNC1COC1. The molecule has 0 radical (unpaired) electrons. The van der Waals surface area contributed by atoms with E-state index >= 15 is 0 Å². The first kappa shape index (κ1) is 9.96. The third-order valence-electron chi connectivity index (χ3n) is 1.71. The topological polar surface area (TPSA) is 30.5 Å². The molecule has 0 aliphatic carbocycles. The summed E-state index contributed by atoms with van der Waals surface area (Å²) in [6, 6.07) is 0.563. The van der Waals surface area contributed by atoms with Crippen molar-refractivity contribution in [2.45, 2.75) is 32.4 Å². The van der Waals surface area contributed by atoms with Crippen LogP contribution in [-0.4, -0.2) is 38.0 Å². The van der Waals surface area contributed by atoms with Gasteiger partial charge in [0.1, 0.15) is 0 Å². The minimum Gasteiger partial charge on any atom is -0.378 e. The maximum atomic E-state index is 5.54. The number of hydrogen-bond acceptors (Lipinski definition) is 3. The molecule has 0 aromatic carbocycles. The standard InChI is InChI=1S/C9H19NO2/c1-9(2,3)12-5-4-10-8-6-11-7-8/h8,10H,4-7H2,1-3H3. The van der Waals surface area contributed by atoms with E-state index in [9.17, 15) is 0 Å². The molecule has 0 aromatic heterocycles. The molecule has 1 heterocycles. The molecular weight excluding hydrogens is 154 g/mol. The Kier molecular flexibility index (Phi) is 3.50. The zero-order valence-corrected chi connectivity index (χ0v) is 8.22. The van der Waals surface area contributed by atoms with Crippen molar-refractivity contribution in [3.8, 4) is 0 Å². The zero-order valence-electron chi connectivity index (χ0n) is 8.22. The Morgan fingerprint density at radius 2 is 2.08 bits per heavy atom. The Labute approximate surface area is 74.4 Å². The summed E-state index contributed by atoms with van der Waals surface area (Å²) in [6.45, 7) is 9.62. The van der Waals surface area contributed by atoms with Crippen molar-refractivity contribution in [2.24, 2.45) is 0 Å². The number of nitrogens with one attached hydrogen (secondary N) is 1. The lowest BCUT2D eigenvalue weighted by molar-refractivity contribution is -0.0240. The summed E-state index contributed by atoms with van der Waals surface area (Å²) < 4.78 is 10.6. The van der Waals surface area contributed by atoms with Gasteiger partial charge in [-0.25, -0.2) is 0 Å². The summed E-state index contributed by atoms with van der Waals surface area (Å²) in [7, 11) is 0. The van der Waals surface area contributed by atoms with Crippen molar-refractivity contribution in [3.05, 3.63) is 0 Å². The predicted octanol–water partition coefficient (Wildman–Crippen LogP) is 0.790.